The summed E-state index contributed by atoms with van der Waals surface area (Å²) in [5.74, 6) is 0.193. The van der Waals surface area contributed by atoms with Gasteiger partial charge in [-0.2, -0.15) is 0 Å². The van der Waals surface area contributed by atoms with Crippen LogP contribution in [0.1, 0.15) is 40.5 Å². The molecule has 0 heterocycles. The molecule has 0 saturated heterocycles. The van der Waals surface area contributed by atoms with Crippen molar-refractivity contribution in [1.82, 2.24) is 5.32 Å². The molecule has 2 atom stereocenters. The van der Waals surface area contributed by atoms with Crippen molar-refractivity contribution >= 4 is 5.91 Å². The lowest BCUT2D eigenvalue weighted by Gasteiger charge is -2.30. The Kier molecular flexibility index (Phi) is 6.60. The van der Waals surface area contributed by atoms with Crippen molar-refractivity contribution < 1.29 is 14.6 Å². The van der Waals surface area contributed by atoms with E-state index in [4.69, 9.17) is 9.84 Å². The molecule has 4 heteroatoms. The minimum atomic E-state index is -0.775. The molecule has 0 aromatic heterocycles. The van der Waals surface area contributed by atoms with Crippen molar-refractivity contribution in [3.63, 3.8) is 0 Å². The second-order valence-electron chi connectivity index (χ2n) is 4.62. The van der Waals surface area contributed by atoms with Crippen LogP contribution in [-0.2, 0) is 9.53 Å². The van der Waals surface area contributed by atoms with Crippen LogP contribution >= 0.6 is 0 Å². The average molecular weight is 231 g/mol. The third kappa shape index (κ3) is 4.10. The van der Waals surface area contributed by atoms with Crippen LogP contribution in [0.2, 0.25) is 0 Å². The zero-order valence-corrected chi connectivity index (χ0v) is 11.0. The summed E-state index contributed by atoms with van der Waals surface area (Å²) < 4.78 is 5.23. The molecular formula is C12H25NO3. The predicted octanol–water partition coefficient (Wildman–Crippen LogP) is 1.32. The quantitative estimate of drug-likeness (QED) is 0.695. The summed E-state index contributed by atoms with van der Waals surface area (Å²) in [5.41, 5.74) is -0.775. The van der Waals surface area contributed by atoms with Crippen molar-refractivity contribution in [3.8, 4) is 0 Å². The van der Waals surface area contributed by atoms with E-state index in [1.54, 1.807) is 14.0 Å². The third-order valence-corrected chi connectivity index (χ3v) is 3.17. The van der Waals surface area contributed by atoms with Crippen molar-refractivity contribution in [2.45, 2.75) is 52.2 Å². The van der Waals surface area contributed by atoms with E-state index >= 15 is 0 Å². The van der Waals surface area contributed by atoms with Gasteiger partial charge in [0.1, 0.15) is 5.60 Å². The van der Waals surface area contributed by atoms with Crippen LogP contribution in [0.5, 0.6) is 0 Å². The van der Waals surface area contributed by atoms with E-state index in [0.717, 1.165) is 0 Å². The van der Waals surface area contributed by atoms with Gasteiger partial charge < -0.3 is 15.2 Å². The van der Waals surface area contributed by atoms with Gasteiger partial charge in [0.2, 0.25) is 0 Å². The second-order valence-corrected chi connectivity index (χ2v) is 4.62. The van der Waals surface area contributed by atoms with E-state index in [0.29, 0.717) is 18.8 Å². The molecule has 0 aliphatic carbocycles. The summed E-state index contributed by atoms with van der Waals surface area (Å²) in [7, 11) is 1.54. The number of amides is 1. The number of aliphatic hydroxyl groups is 1. The lowest BCUT2D eigenvalue weighted by molar-refractivity contribution is -0.143. The lowest BCUT2D eigenvalue weighted by atomic mass is 9.97. The Morgan fingerprint density at radius 2 is 2.06 bits per heavy atom. The summed E-state index contributed by atoms with van der Waals surface area (Å²) in [6, 6.07) is -0.00137. The summed E-state index contributed by atoms with van der Waals surface area (Å²) in [5, 5.41) is 11.9. The fourth-order valence-electron chi connectivity index (χ4n) is 1.43. The molecule has 0 rings (SSSR count). The first-order chi connectivity index (χ1) is 7.41. The summed E-state index contributed by atoms with van der Waals surface area (Å²) >= 11 is 0. The highest BCUT2D eigenvalue weighted by atomic mass is 16.5. The Hall–Kier alpha value is -0.610. The molecule has 0 aromatic rings. The van der Waals surface area contributed by atoms with Gasteiger partial charge in [-0.25, -0.2) is 0 Å². The van der Waals surface area contributed by atoms with Gasteiger partial charge in [0.05, 0.1) is 0 Å². The van der Waals surface area contributed by atoms with Gasteiger partial charge in [-0.05, 0) is 25.7 Å². The topological polar surface area (TPSA) is 58.6 Å². The Morgan fingerprint density at radius 1 is 1.50 bits per heavy atom. The molecule has 0 aliphatic heterocycles. The fraction of sp³-hybridized carbons (Fsp3) is 0.917. The highest BCUT2D eigenvalue weighted by molar-refractivity contribution is 5.84. The number of hydrogen-bond acceptors (Lipinski definition) is 3. The van der Waals surface area contributed by atoms with Gasteiger partial charge in [0.25, 0.3) is 5.91 Å². The predicted molar refractivity (Wildman–Crippen MR) is 64.2 cm³/mol. The Labute approximate surface area is 98.4 Å². The largest absolute Gasteiger partial charge is 0.396 e. The molecule has 1 amide bonds. The Morgan fingerprint density at radius 3 is 2.38 bits per heavy atom. The van der Waals surface area contributed by atoms with Crippen LogP contribution in [0.3, 0.4) is 0 Å². The molecule has 0 aromatic carbocycles. The maximum atomic E-state index is 12.0. The number of hydrogen-bond donors (Lipinski definition) is 2. The molecule has 2 unspecified atom stereocenters. The molecule has 0 spiro atoms. The first kappa shape index (κ1) is 15.4. The average Bonchev–Trinajstić information content (AvgIpc) is 2.26. The molecule has 4 nitrogen and oxygen atoms in total. The molecule has 0 radical (unpaired) electrons. The van der Waals surface area contributed by atoms with E-state index < -0.39 is 5.60 Å². The molecular weight excluding hydrogens is 206 g/mol. The first-order valence-corrected chi connectivity index (χ1v) is 5.88. The van der Waals surface area contributed by atoms with Crippen molar-refractivity contribution in [2.75, 3.05) is 13.7 Å². The van der Waals surface area contributed by atoms with Gasteiger partial charge in [-0.3, -0.25) is 4.79 Å². The molecule has 16 heavy (non-hydrogen) atoms. The van der Waals surface area contributed by atoms with Gasteiger partial charge in [0.15, 0.2) is 0 Å². The summed E-state index contributed by atoms with van der Waals surface area (Å²) in [6.07, 6.45) is 1.20. The monoisotopic (exact) mass is 231 g/mol. The van der Waals surface area contributed by atoms with Crippen LogP contribution < -0.4 is 5.32 Å². The van der Waals surface area contributed by atoms with Gasteiger partial charge in [-0.15, -0.1) is 0 Å². The molecule has 0 saturated carbocycles. The van der Waals surface area contributed by atoms with E-state index in [1.807, 2.05) is 20.8 Å². The van der Waals surface area contributed by atoms with E-state index in [9.17, 15) is 4.79 Å². The van der Waals surface area contributed by atoms with Crippen LogP contribution in [0.25, 0.3) is 0 Å². The van der Waals surface area contributed by atoms with Crippen LogP contribution in [-0.4, -0.2) is 36.4 Å². The number of carbonyl (C=O) groups is 1. The van der Waals surface area contributed by atoms with E-state index in [1.165, 1.54) is 0 Å². The molecule has 2 N–H and O–H groups in total. The number of carbonyl (C=O) groups excluding carboxylic acids is 1. The van der Waals surface area contributed by atoms with Gasteiger partial charge >= 0.3 is 0 Å². The first-order valence-electron chi connectivity index (χ1n) is 5.88. The second kappa shape index (κ2) is 6.86. The summed E-state index contributed by atoms with van der Waals surface area (Å²) in [4.78, 5) is 12.0. The normalized spacial score (nSPS) is 16.9. The fourth-order valence-corrected chi connectivity index (χ4v) is 1.43. The highest BCUT2D eigenvalue weighted by Crippen LogP contribution is 2.16. The molecule has 96 valence electrons. The lowest BCUT2D eigenvalue weighted by Crippen LogP contribution is -2.50. The van der Waals surface area contributed by atoms with Crippen LogP contribution in [0, 0.1) is 5.92 Å². The summed E-state index contributed by atoms with van der Waals surface area (Å²) in [6.45, 7) is 7.82. The van der Waals surface area contributed by atoms with Crippen molar-refractivity contribution in [2.24, 2.45) is 5.92 Å². The number of rotatable bonds is 7. The Balaban J connectivity index is 4.50. The van der Waals surface area contributed by atoms with Crippen molar-refractivity contribution in [3.05, 3.63) is 0 Å². The Bertz CT molecular complexity index is 212. The third-order valence-electron chi connectivity index (χ3n) is 3.17. The SMILES string of the molecule is CCC(C)(OC)C(=O)NC(CCO)C(C)C. The van der Waals surface area contributed by atoms with Crippen molar-refractivity contribution in [1.29, 1.82) is 0 Å². The number of aliphatic hydroxyl groups excluding tert-OH is 1. The molecule has 0 aliphatic rings. The minimum absolute atomic E-state index is 0.00137. The smallest absolute Gasteiger partial charge is 0.252 e. The standard InChI is InChI=1S/C12H25NO3/c1-6-12(4,16-5)11(15)13-10(7-8-14)9(2)3/h9-10,14H,6-8H2,1-5H3,(H,13,15). The maximum absolute atomic E-state index is 12.0. The molecule has 0 fully saturated rings. The van der Waals surface area contributed by atoms with Gasteiger partial charge in [0, 0.05) is 19.8 Å². The van der Waals surface area contributed by atoms with Gasteiger partial charge in [-0.1, -0.05) is 20.8 Å². The zero-order chi connectivity index (χ0) is 12.8. The number of methoxy groups -OCH3 is 1. The molecule has 0 bridgehead atoms. The highest BCUT2D eigenvalue weighted by Gasteiger charge is 2.32. The number of nitrogens with one attached hydrogen (secondary N) is 1. The maximum Gasteiger partial charge on any atom is 0.252 e. The van der Waals surface area contributed by atoms with E-state index in [-0.39, 0.29) is 18.6 Å². The van der Waals surface area contributed by atoms with Crippen LogP contribution in [0.15, 0.2) is 0 Å². The minimum Gasteiger partial charge on any atom is -0.396 e. The number of ether oxygens (including phenoxy) is 1. The zero-order valence-electron chi connectivity index (χ0n) is 11.0. The van der Waals surface area contributed by atoms with Crippen LogP contribution in [0.4, 0.5) is 0 Å². The van der Waals surface area contributed by atoms with E-state index in [2.05, 4.69) is 5.32 Å².